The highest BCUT2D eigenvalue weighted by molar-refractivity contribution is 6.42. The third-order valence-corrected chi connectivity index (χ3v) is 4.21. The van der Waals surface area contributed by atoms with E-state index in [9.17, 15) is 9.59 Å². The second kappa shape index (κ2) is 7.59. The molecular formula is C16H13Cl2N5O3. The number of carbonyl (C=O) groups excluding carboxylic acids is 1. The number of carbonyl (C=O) groups is 2. The van der Waals surface area contributed by atoms with Crippen molar-refractivity contribution in [2.75, 3.05) is 5.32 Å². The molecule has 0 unspecified atom stereocenters. The molecule has 0 atom stereocenters. The molecule has 134 valence electrons. The van der Waals surface area contributed by atoms with Crippen molar-refractivity contribution in [2.24, 2.45) is 0 Å². The number of rotatable bonds is 6. The van der Waals surface area contributed by atoms with E-state index in [2.05, 4.69) is 15.5 Å². The Morgan fingerprint density at radius 1 is 1.15 bits per heavy atom. The van der Waals surface area contributed by atoms with Gasteiger partial charge < -0.3 is 10.4 Å². The Morgan fingerprint density at radius 2 is 1.96 bits per heavy atom. The fraction of sp³-hybridized carbons (Fsp3) is 0.125. The average Bonchev–Trinajstić information content (AvgIpc) is 3.20. The minimum atomic E-state index is -1.15. The summed E-state index contributed by atoms with van der Waals surface area (Å²) in [5.41, 5.74) is 1.33. The molecule has 0 radical (unpaired) electrons. The Labute approximate surface area is 157 Å². The molecule has 1 aromatic carbocycles. The van der Waals surface area contributed by atoms with Gasteiger partial charge in [-0.3, -0.25) is 9.48 Å². The molecule has 0 aliphatic carbocycles. The lowest BCUT2D eigenvalue weighted by atomic mass is 10.2. The number of benzene rings is 1. The van der Waals surface area contributed by atoms with E-state index in [1.54, 1.807) is 23.0 Å². The normalized spacial score (nSPS) is 10.7. The van der Waals surface area contributed by atoms with Crippen LogP contribution in [0.15, 0.2) is 42.9 Å². The molecule has 0 saturated carbocycles. The minimum Gasteiger partial charge on any atom is -0.477 e. The zero-order chi connectivity index (χ0) is 18.7. The number of amides is 1. The SMILES string of the molecule is O=C(Cn1nccc1C(=O)O)Nc1cnn(Cc2ccc(Cl)c(Cl)c2)c1. The molecule has 3 aromatic rings. The number of halogens is 2. The first kappa shape index (κ1) is 18.0. The lowest BCUT2D eigenvalue weighted by Crippen LogP contribution is -2.22. The number of anilines is 1. The topological polar surface area (TPSA) is 102 Å². The molecule has 2 N–H and O–H groups in total. The maximum atomic E-state index is 12.1. The van der Waals surface area contributed by atoms with Crippen LogP contribution >= 0.6 is 23.2 Å². The molecule has 0 aliphatic rings. The second-order valence-corrected chi connectivity index (χ2v) is 6.22. The van der Waals surface area contributed by atoms with E-state index in [-0.39, 0.29) is 12.2 Å². The molecule has 2 heterocycles. The molecule has 0 fully saturated rings. The van der Waals surface area contributed by atoms with E-state index in [4.69, 9.17) is 28.3 Å². The molecule has 2 aromatic heterocycles. The summed E-state index contributed by atoms with van der Waals surface area (Å²) < 4.78 is 2.74. The summed E-state index contributed by atoms with van der Waals surface area (Å²) in [7, 11) is 0. The fourth-order valence-corrected chi connectivity index (χ4v) is 2.64. The molecule has 0 bridgehead atoms. The highest BCUT2D eigenvalue weighted by Crippen LogP contribution is 2.23. The van der Waals surface area contributed by atoms with Gasteiger partial charge in [0.1, 0.15) is 12.2 Å². The molecule has 0 saturated heterocycles. The third kappa shape index (κ3) is 4.22. The summed E-state index contributed by atoms with van der Waals surface area (Å²) in [5, 5.41) is 20.6. The standard InChI is InChI=1S/C16H13Cl2N5O3/c17-12-2-1-10(5-13(12)18)7-22-8-11(6-20-22)21-15(24)9-23-14(16(25)26)3-4-19-23/h1-6,8H,7,9H2,(H,21,24)(H,25,26). The first-order chi connectivity index (χ1) is 12.4. The van der Waals surface area contributed by atoms with Gasteiger partial charge in [0.15, 0.2) is 0 Å². The van der Waals surface area contributed by atoms with Gasteiger partial charge in [-0.25, -0.2) is 9.48 Å². The van der Waals surface area contributed by atoms with Crippen LogP contribution in [0.2, 0.25) is 10.0 Å². The van der Waals surface area contributed by atoms with Gasteiger partial charge in [-0.1, -0.05) is 29.3 Å². The van der Waals surface area contributed by atoms with Gasteiger partial charge in [-0.15, -0.1) is 0 Å². The van der Waals surface area contributed by atoms with Crippen molar-refractivity contribution in [2.45, 2.75) is 13.1 Å². The maximum absolute atomic E-state index is 12.1. The fourth-order valence-electron chi connectivity index (χ4n) is 2.32. The Morgan fingerprint density at radius 3 is 2.69 bits per heavy atom. The smallest absolute Gasteiger partial charge is 0.354 e. The van der Waals surface area contributed by atoms with E-state index in [1.807, 2.05) is 6.07 Å². The predicted molar refractivity (Wildman–Crippen MR) is 95.6 cm³/mol. The quantitative estimate of drug-likeness (QED) is 0.670. The Hall–Kier alpha value is -2.84. The van der Waals surface area contributed by atoms with Gasteiger partial charge in [-0.2, -0.15) is 10.2 Å². The maximum Gasteiger partial charge on any atom is 0.354 e. The minimum absolute atomic E-state index is 0.0598. The molecule has 1 amide bonds. The number of carboxylic acids is 1. The van der Waals surface area contributed by atoms with Crippen LogP contribution in [0.3, 0.4) is 0 Å². The first-order valence-electron chi connectivity index (χ1n) is 7.43. The lowest BCUT2D eigenvalue weighted by Gasteiger charge is -2.05. The summed E-state index contributed by atoms with van der Waals surface area (Å²) in [6, 6.07) is 6.61. The third-order valence-electron chi connectivity index (χ3n) is 3.47. The van der Waals surface area contributed by atoms with Gasteiger partial charge in [-0.05, 0) is 23.8 Å². The summed E-state index contributed by atoms with van der Waals surface area (Å²) in [5.74, 6) is -1.56. The summed E-state index contributed by atoms with van der Waals surface area (Å²) in [4.78, 5) is 23.1. The van der Waals surface area contributed by atoms with E-state index in [0.717, 1.165) is 10.2 Å². The van der Waals surface area contributed by atoms with Crippen LogP contribution in [-0.4, -0.2) is 36.5 Å². The number of nitrogens with one attached hydrogen (secondary N) is 1. The Kier molecular flexibility index (Phi) is 5.24. The van der Waals surface area contributed by atoms with Gasteiger partial charge >= 0.3 is 5.97 Å². The number of carboxylic acid groups (broad SMARTS) is 1. The Bertz CT molecular complexity index is 966. The zero-order valence-corrected chi connectivity index (χ0v) is 14.8. The van der Waals surface area contributed by atoms with Crippen LogP contribution in [0.5, 0.6) is 0 Å². The van der Waals surface area contributed by atoms with E-state index in [0.29, 0.717) is 22.3 Å². The summed E-state index contributed by atoms with van der Waals surface area (Å²) in [6.07, 6.45) is 4.48. The van der Waals surface area contributed by atoms with Gasteiger partial charge in [0.2, 0.25) is 5.91 Å². The van der Waals surface area contributed by atoms with Crippen molar-refractivity contribution >= 4 is 40.8 Å². The molecule has 26 heavy (non-hydrogen) atoms. The van der Waals surface area contributed by atoms with Crippen LogP contribution < -0.4 is 5.32 Å². The predicted octanol–water partition coefficient (Wildman–Crippen LogP) is 2.77. The monoisotopic (exact) mass is 393 g/mol. The Balaban J connectivity index is 1.62. The van der Waals surface area contributed by atoms with Crippen LogP contribution in [0.25, 0.3) is 0 Å². The van der Waals surface area contributed by atoms with Crippen LogP contribution in [0.4, 0.5) is 5.69 Å². The molecule has 8 nitrogen and oxygen atoms in total. The number of nitrogens with zero attached hydrogens (tertiary/aromatic N) is 4. The first-order valence-corrected chi connectivity index (χ1v) is 8.19. The highest BCUT2D eigenvalue weighted by Gasteiger charge is 2.13. The van der Waals surface area contributed by atoms with Gasteiger partial charge in [0.25, 0.3) is 0 Å². The van der Waals surface area contributed by atoms with E-state index >= 15 is 0 Å². The van der Waals surface area contributed by atoms with E-state index < -0.39 is 11.9 Å². The lowest BCUT2D eigenvalue weighted by molar-refractivity contribution is -0.116. The second-order valence-electron chi connectivity index (χ2n) is 5.40. The largest absolute Gasteiger partial charge is 0.477 e. The van der Waals surface area contributed by atoms with Crippen molar-refractivity contribution in [1.82, 2.24) is 19.6 Å². The zero-order valence-electron chi connectivity index (χ0n) is 13.3. The van der Waals surface area contributed by atoms with Crippen LogP contribution in [0, 0.1) is 0 Å². The average molecular weight is 394 g/mol. The van der Waals surface area contributed by atoms with Gasteiger partial charge in [0.05, 0.1) is 28.5 Å². The van der Waals surface area contributed by atoms with Crippen molar-refractivity contribution in [3.63, 3.8) is 0 Å². The van der Waals surface area contributed by atoms with Crippen molar-refractivity contribution < 1.29 is 14.7 Å². The van der Waals surface area contributed by atoms with Crippen LogP contribution in [-0.2, 0) is 17.9 Å². The number of hydrogen-bond acceptors (Lipinski definition) is 4. The van der Waals surface area contributed by atoms with Crippen molar-refractivity contribution in [3.05, 3.63) is 64.2 Å². The van der Waals surface area contributed by atoms with E-state index in [1.165, 1.54) is 18.5 Å². The summed E-state index contributed by atoms with van der Waals surface area (Å²) in [6.45, 7) is 0.238. The molecule has 0 aliphatic heterocycles. The van der Waals surface area contributed by atoms with Crippen LogP contribution in [0.1, 0.15) is 16.1 Å². The van der Waals surface area contributed by atoms with Crippen molar-refractivity contribution in [1.29, 1.82) is 0 Å². The number of aromatic carboxylic acids is 1. The molecular weight excluding hydrogens is 381 g/mol. The van der Waals surface area contributed by atoms with Crippen molar-refractivity contribution in [3.8, 4) is 0 Å². The molecule has 3 rings (SSSR count). The molecule has 0 spiro atoms. The highest BCUT2D eigenvalue weighted by atomic mass is 35.5. The number of aromatic nitrogens is 4. The molecule has 10 heteroatoms. The number of hydrogen-bond donors (Lipinski definition) is 2. The van der Waals surface area contributed by atoms with Gasteiger partial charge in [0, 0.05) is 12.4 Å². The summed E-state index contributed by atoms with van der Waals surface area (Å²) >= 11 is 11.9.